The van der Waals surface area contributed by atoms with Gasteiger partial charge in [0.25, 0.3) is 5.91 Å². The van der Waals surface area contributed by atoms with Crippen molar-refractivity contribution in [2.24, 2.45) is 5.92 Å². The first-order valence-corrected chi connectivity index (χ1v) is 10.9. The number of ether oxygens (including phenoxy) is 1. The van der Waals surface area contributed by atoms with Crippen molar-refractivity contribution in [2.45, 2.75) is 26.3 Å². The van der Waals surface area contributed by atoms with Gasteiger partial charge < -0.3 is 15.0 Å². The van der Waals surface area contributed by atoms with Gasteiger partial charge in [-0.25, -0.2) is 4.39 Å². The van der Waals surface area contributed by atoms with Gasteiger partial charge in [0.1, 0.15) is 11.6 Å². The zero-order chi connectivity index (χ0) is 22.7. The molecule has 0 spiro atoms. The Labute approximate surface area is 187 Å². The minimum Gasteiger partial charge on any atom is -0.496 e. The number of carbonyl (C=O) groups excluding carboxylic acids is 2. The summed E-state index contributed by atoms with van der Waals surface area (Å²) in [5.74, 6) is 0.317. The maximum absolute atomic E-state index is 13.4. The van der Waals surface area contributed by atoms with Crippen LogP contribution in [0.25, 0.3) is 10.8 Å². The quantitative estimate of drug-likeness (QED) is 0.645. The summed E-state index contributed by atoms with van der Waals surface area (Å²) < 4.78 is 18.8. The molecule has 1 aliphatic rings. The third-order valence-corrected chi connectivity index (χ3v) is 6.18. The topological polar surface area (TPSA) is 58.6 Å². The van der Waals surface area contributed by atoms with E-state index in [9.17, 15) is 14.0 Å². The van der Waals surface area contributed by atoms with Crippen LogP contribution < -0.4 is 10.1 Å². The Hall–Kier alpha value is -3.41. The molecule has 5 nitrogen and oxygen atoms in total. The lowest BCUT2D eigenvalue weighted by Gasteiger charge is -2.31. The molecule has 0 radical (unpaired) electrons. The number of benzene rings is 3. The molecule has 4 rings (SSSR count). The molecular formula is C26H27FN2O3. The standard InChI is InChI=1S/C26H27FN2O3/c1-17-15-18(7-9-23(17)27)16-28-25(30)19-11-13-29(14-12-19)26(31)22-8-10-24(32-2)21-6-4-3-5-20(21)22/h3-10,15,19H,11-14,16H2,1-2H3,(H,28,30). The van der Waals surface area contributed by atoms with Crippen molar-refractivity contribution in [1.29, 1.82) is 0 Å². The number of nitrogens with zero attached hydrogens (tertiary/aromatic N) is 1. The van der Waals surface area contributed by atoms with E-state index >= 15 is 0 Å². The molecule has 32 heavy (non-hydrogen) atoms. The maximum atomic E-state index is 13.4. The van der Waals surface area contributed by atoms with E-state index in [-0.39, 0.29) is 23.5 Å². The Bertz CT molecular complexity index is 1150. The minimum absolute atomic E-state index is 0.0195. The number of rotatable bonds is 5. The van der Waals surface area contributed by atoms with Gasteiger partial charge in [0.05, 0.1) is 7.11 Å². The van der Waals surface area contributed by atoms with E-state index in [4.69, 9.17) is 4.74 Å². The van der Waals surface area contributed by atoms with Gasteiger partial charge in [-0.1, -0.05) is 36.4 Å². The van der Waals surface area contributed by atoms with Gasteiger partial charge >= 0.3 is 0 Å². The summed E-state index contributed by atoms with van der Waals surface area (Å²) in [7, 11) is 1.62. The van der Waals surface area contributed by atoms with Crippen LogP contribution in [0.2, 0.25) is 0 Å². The highest BCUT2D eigenvalue weighted by molar-refractivity contribution is 6.08. The molecule has 1 heterocycles. The molecule has 0 unspecified atom stereocenters. The van der Waals surface area contributed by atoms with Crippen LogP contribution >= 0.6 is 0 Å². The minimum atomic E-state index is -0.248. The average Bonchev–Trinajstić information content (AvgIpc) is 2.83. The summed E-state index contributed by atoms with van der Waals surface area (Å²) in [6, 6.07) is 16.2. The fourth-order valence-corrected chi connectivity index (χ4v) is 4.30. The fraction of sp³-hybridized carbons (Fsp3) is 0.308. The van der Waals surface area contributed by atoms with E-state index in [2.05, 4.69) is 5.32 Å². The monoisotopic (exact) mass is 434 g/mol. The number of aryl methyl sites for hydroxylation is 1. The van der Waals surface area contributed by atoms with E-state index in [1.807, 2.05) is 41.3 Å². The molecule has 3 aromatic carbocycles. The van der Waals surface area contributed by atoms with Crippen molar-refractivity contribution in [3.63, 3.8) is 0 Å². The molecule has 1 N–H and O–H groups in total. The number of nitrogens with one attached hydrogen (secondary N) is 1. The molecule has 166 valence electrons. The second-order valence-corrected chi connectivity index (χ2v) is 8.23. The van der Waals surface area contributed by atoms with Gasteiger partial charge in [-0.15, -0.1) is 0 Å². The summed E-state index contributed by atoms with van der Waals surface area (Å²) >= 11 is 0. The van der Waals surface area contributed by atoms with E-state index in [1.165, 1.54) is 6.07 Å². The van der Waals surface area contributed by atoms with Gasteiger partial charge in [0.15, 0.2) is 0 Å². The van der Waals surface area contributed by atoms with Crippen LogP contribution in [0.3, 0.4) is 0 Å². The lowest BCUT2D eigenvalue weighted by molar-refractivity contribution is -0.126. The molecule has 0 bridgehead atoms. The SMILES string of the molecule is COc1ccc(C(=O)N2CCC(C(=O)NCc3ccc(F)c(C)c3)CC2)c2ccccc12. The zero-order valence-corrected chi connectivity index (χ0v) is 18.4. The number of carbonyl (C=O) groups is 2. The van der Waals surface area contributed by atoms with Gasteiger partial charge in [-0.05, 0) is 54.5 Å². The molecule has 1 saturated heterocycles. The van der Waals surface area contributed by atoms with Gasteiger partial charge in [0, 0.05) is 36.5 Å². The Kier molecular flexibility index (Phi) is 6.40. The van der Waals surface area contributed by atoms with Crippen LogP contribution in [-0.2, 0) is 11.3 Å². The number of amides is 2. The molecule has 1 aliphatic heterocycles. The first-order valence-electron chi connectivity index (χ1n) is 10.9. The van der Waals surface area contributed by atoms with Crippen LogP contribution in [0.5, 0.6) is 5.75 Å². The Balaban J connectivity index is 1.37. The lowest BCUT2D eigenvalue weighted by Crippen LogP contribution is -2.43. The number of halogens is 1. The van der Waals surface area contributed by atoms with Crippen molar-refractivity contribution < 1.29 is 18.7 Å². The number of hydrogen-bond donors (Lipinski definition) is 1. The number of fused-ring (bicyclic) bond motifs is 1. The highest BCUT2D eigenvalue weighted by atomic mass is 19.1. The smallest absolute Gasteiger partial charge is 0.254 e. The molecule has 0 atom stereocenters. The third kappa shape index (κ3) is 4.44. The fourth-order valence-electron chi connectivity index (χ4n) is 4.30. The molecule has 3 aromatic rings. The summed E-state index contributed by atoms with van der Waals surface area (Å²) in [4.78, 5) is 27.6. The Morgan fingerprint density at radius 3 is 2.47 bits per heavy atom. The van der Waals surface area contributed by atoms with Crippen LogP contribution in [0.4, 0.5) is 4.39 Å². The van der Waals surface area contributed by atoms with Crippen molar-refractivity contribution in [1.82, 2.24) is 10.2 Å². The predicted octanol–water partition coefficient (Wildman–Crippen LogP) is 4.46. The summed E-state index contributed by atoms with van der Waals surface area (Å²) in [6.45, 7) is 3.15. The molecule has 1 fully saturated rings. The third-order valence-electron chi connectivity index (χ3n) is 6.18. The second kappa shape index (κ2) is 9.39. The lowest BCUT2D eigenvalue weighted by atomic mass is 9.94. The van der Waals surface area contributed by atoms with E-state index in [0.717, 1.165) is 22.1 Å². The van der Waals surface area contributed by atoms with Crippen molar-refractivity contribution in [3.05, 3.63) is 77.1 Å². The van der Waals surface area contributed by atoms with Crippen LogP contribution in [0.15, 0.2) is 54.6 Å². The van der Waals surface area contributed by atoms with Crippen molar-refractivity contribution >= 4 is 22.6 Å². The van der Waals surface area contributed by atoms with Crippen LogP contribution in [0.1, 0.15) is 34.3 Å². The molecule has 0 saturated carbocycles. The summed E-state index contributed by atoms with van der Waals surface area (Å²) in [5.41, 5.74) is 2.09. The molecule has 0 aliphatic carbocycles. The van der Waals surface area contributed by atoms with Gasteiger partial charge in [-0.3, -0.25) is 9.59 Å². The predicted molar refractivity (Wildman–Crippen MR) is 122 cm³/mol. The normalized spacial score (nSPS) is 14.4. The summed E-state index contributed by atoms with van der Waals surface area (Å²) in [6.07, 6.45) is 1.24. The Morgan fingerprint density at radius 2 is 1.78 bits per heavy atom. The largest absolute Gasteiger partial charge is 0.496 e. The van der Waals surface area contributed by atoms with Crippen molar-refractivity contribution in [3.8, 4) is 5.75 Å². The van der Waals surface area contributed by atoms with E-state index in [0.29, 0.717) is 43.6 Å². The highest BCUT2D eigenvalue weighted by Crippen LogP contribution is 2.30. The molecular weight excluding hydrogens is 407 g/mol. The first kappa shape index (κ1) is 21.8. The van der Waals surface area contributed by atoms with E-state index < -0.39 is 0 Å². The van der Waals surface area contributed by atoms with Crippen LogP contribution in [-0.4, -0.2) is 36.9 Å². The Morgan fingerprint density at radius 1 is 1.06 bits per heavy atom. The van der Waals surface area contributed by atoms with E-state index in [1.54, 1.807) is 26.2 Å². The maximum Gasteiger partial charge on any atom is 0.254 e. The van der Waals surface area contributed by atoms with Crippen LogP contribution in [0, 0.1) is 18.7 Å². The van der Waals surface area contributed by atoms with Crippen molar-refractivity contribution in [2.75, 3.05) is 20.2 Å². The zero-order valence-electron chi connectivity index (χ0n) is 18.4. The molecule has 0 aromatic heterocycles. The second-order valence-electron chi connectivity index (χ2n) is 8.23. The number of likely N-dealkylation sites (tertiary alicyclic amines) is 1. The molecule has 2 amide bonds. The summed E-state index contributed by atoms with van der Waals surface area (Å²) in [5, 5.41) is 4.72. The number of methoxy groups -OCH3 is 1. The average molecular weight is 435 g/mol. The first-order chi connectivity index (χ1) is 15.5. The number of piperidine rings is 1. The van der Waals surface area contributed by atoms with Gasteiger partial charge in [0.2, 0.25) is 5.91 Å². The highest BCUT2D eigenvalue weighted by Gasteiger charge is 2.28. The number of hydrogen-bond acceptors (Lipinski definition) is 3. The molecule has 6 heteroatoms. The van der Waals surface area contributed by atoms with Gasteiger partial charge in [-0.2, -0.15) is 0 Å².